The molecule has 0 atom stereocenters. The smallest absolute Gasteiger partial charge is 0.339 e. The number of nitrogens with zero attached hydrogens (tertiary/aromatic N) is 2. The van der Waals surface area contributed by atoms with Gasteiger partial charge in [-0.3, -0.25) is 9.78 Å². The summed E-state index contributed by atoms with van der Waals surface area (Å²) in [6.45, 7) is 0.755. The van der Waals surface area contributed by atoms with Crippen molar-refractivity contribution in [2.45, 2.75) is 25.4 Å². The maximum absolute atomic E-state index is 12.3. The average molecular weight is 359 g/mol. The van der Waals surface area contributed by atoms with Crippen LogP contribution in [0.25, 0.3) is 16.7 Å². The van der Waals surface area contributed by atoms with E-state index in [4.69, 9.17) is 0 Å². The van der Waals surface area contributed by atoms with Gasteiger partial charge >= 0.3 is 6.18 Å². The van der Waals surface area contributed by atoms with Crippen molar-refractivity contribution in [3.8, 4) is 11.1 Å². The summed E-state index contributed by atoms with van der Waals surface area (Å²) in [4.78, 5) is 17.6. The number of carbonyl (C=O) groups excluding carboxylic acids is 1. The van der Waals surface area contributed by atoms with Crippen LogP contribution in [0.5, 0.6) is 0 Å². The van der Waals surface area contributed by atoms with Crippen LogP contribution in [0.15, 0.2) is 48.8 Å². The summed E-state index contributed by atoms with van der Waals surface area (Å²) >= 11 is 0. The lowest BCUT2D eigenvalue weighted by Gasteiger charge is -2.27. The molecule has 0 saturated carbocycles. The molecule has 0 N–H and O–H groups in total. The maximum atomic E-state index is 12.3. The van der Waals surface area contributed by atoms with E-state index in [0.29, 0.717) is 19.5 Å². The van der Waals surface area contributed by atoms with Gasteiger partial charge < -0.3 is 4.90 Å². The third-order valence-electron chi connectivity index (χ3n) is 4.37. The Kier molecular flexibility index (Phi) is 5.40. The van der Waals surface area contributed by atoms with Gasteiger partial charge in [0.25, 0.3) is 0 Å². The number of rotatable bonds is 4. The first-order chi connectivity index (χ1) is 12.4. The van der Waals surface area contributed by atoms with Gasteiger partial charge in [0.2, 0.25) is 5.91 Å². The summed E-state index contributed by atoms with van der Waals surface area (Å²) in [6, 6.07) is 12.6. The Morgan fingerprint density at radius 1 is 1.27 bits per heavy atom. The van der Waals surface area contributed by atoms with E-state index < -0.39 is 24.9 Å². The molecular weight excluding hydrogens is 341 g/mol. The predicted molar refractivity (Wildman–Crippen MR) is 93.0 cm³/mol. The number of hydrogen-bond acceptors (Lipinski definition) is 2. The summed E-state index contributed by atoms with van der Waals surface area (Å²) in [7, 11) is 0. The van der Waals surface area contributed by atoms with Crippen molar-refractivity contribution in [2.75, 3.05) is 13.1 Å². The molecule has 0 fully saturated rings. The number of benzene rings is 1. The van der Waals surface area contributed by atoms with Crippen molar-refractivity contribution >= 4 is 11.5 Å². The first-order valence-corrected chi connectivity index (χ1v) is 8.38. The Bertz CT molecular complexity index is 800. The molecule has 0 bridgehead atoms. The SMILES string of the molecule is O=C(CCC(F)(F)F)N1CC=C(c2cc[c]cc2-c2cccnc2)CC1. The van der Waals surface area contributed by atoms with E-state index >= 15 is 0 Å². The Balaban J connectivity index is 1.73. The zero-order chi connectivity index (χ0) is 18.6. The van der Waals surface area contributed by atoms with Crippen LogP contribution in [-0.4, -0.2) is 35.1 Å². The van der Waals surface area contributed by atoms with Crippen molar-refractivity contribution in [3.05, 3.63) is 60.4 Å². The van der Waals surface area contributed by atoms with Crippen molar-refractivity contribution in [2.24, 2.45) is 0 Å². The quantitative estimate of drug-likeness (QED) is 0.805. The van der Waals surface area contributed by atoms with Crippen molar-refractivity contribution in [3.63, 3.8) is 0 Å². The second-order valence-electron chi connectivity index (χ2n) is 6.15. The second kappa shape index (κ2) is 7.72. The Morgan fingerprint density at radius 3 is 2.77 bits per heavy atom. The lowest BCUT2D eigenvalue weighted by Crippen LogP contribution is -2.35. The van der Waals surface area contributed by atoms with Gasteiger partial charge in [0.1, 0.15) is 0 Å². The van der Waals surface area contributed by atoms with Gasteiger partial charge in [-0.25, -0.2) is 0 Å². The van der Waals surface area contributed by atoms with Crippen LogP contribution in [0.3, 0.4) is 0 Å². The Labute approximate surface area is 150 Å². The van der Waals surface area contributed by atoms with E-state index in [1.165, 1.54) is 4.90 Å². The first kappa shape index (κ1) is 18.2. The molecule has 0 unspecified atom stereocenters. The lowest BCUT2D eigenvalue weighted by atomic mass is 9.92. The van der Waals surface area contributed by atoms with Crippen molar-refractivity contribution in [1.29, 1.82) is 0 Å². The van der Waals surface area contributed by atoms with Gasteiger partial charge in [0.15, 0.2) is 0 Å². The predicted octanol–water partition coefficient (Wildman–Crippen LogP) is 4.51. The van der Waals surface area contributed by atoms with Crippen LogP contribution in [-0.2, 0) is 4.79 Å². The molecule has 1 aliphatic heterocycles. The fraction of sp³-hybridized carbons (Fsp3) is 0.300. The highest BCUT2D eigenvalue weighted by atomic mass is 19.4. The number of pyridine rings is 1. The first-order valence-electron chi connectivity index (χ1n) is 8.38. The molecule has 2 heterocycles. The number of halogens is 3. The normalized spacial score (nSPS) is 14.9. The molecule has 1 radical (unpaired) electrons. The van der Waals surface area contributed by atoms with E-state index in [2.05, 4.69) is 11.1 Å². The second-order valence-corrected chi connectivity index (χ2v) is 6.15. The summed E-state index contributed by atoms with van der Waals surface area (Å²) in [5, 5.41) is 0. The molecule has 3 nitrogen and oxygen atoms in total. The third-order valence-corrected chi connectivity index (χ3v) is 4.37. The average Bonchev–Trinajstić information content (AvgIpc) is 2.66. The molecule has 1 aromatic carbocycles. The number of hydrogen-bond donors (Lipinski definition) is 0. The van der Waals surface area contributed by atoms with E-state index in [1.807, 2.05) is 36.4 Å². The van der Waals surface area contributed by atoms with Crippen LogP contribution in [0.4, 0.5) is 13.2 Å². The lowest BCUT2D eigenvalue weighted by molar-refractivity contribution is -0.148. The Hall–Kier alpha value is -2.63. The molecule has 135 valence electrons. The minimum atomic E-state index is -4.30. The van der Waals surface area contributed by atoms with Gasteiger partial charge in [0, 0.05) is 37.5 Å². The minimum absolute atomic E-state index is 0.330. The molecule has 6 heteroatoms. The third kappa shape index (κ3) is 4.50. The minimum Gasteiger partial charge on any atom is -0.339 e. The molecule has 1 amide bonds. The van der Waals surface area contributed by atoms with Crippen LogP contribution in [0.1, 0.15) is 24.8 Å². The van der Waals surface area contributed by atoms with Gasteiger partial charge in [-0.1, -0.05) is 24.3 Å². The van der Waals surface area contributed by atoms with Gasteiger partial charge in [0.05, 0.1) is 6.42 Å². The topological polar surface area (TPSA) is 33.2 Å². The molecule has 1 aliphatic rings. The molecule has 0 spiro atoms. The summed E-state index contributed by atoms with van der Waals surface area (Å²) in [6.07, 6.45) is 0.153. The summed E-state index contributed by atoms with van der Waals surface area (Å²) in [5.41, 5.74) is 4.10. The maximum Gasteiger partial charge on any atom is 0.389 e. The Morgan fingerprint density at radius 2 is 2.12 bits per heavy atom. The zero-order valence-corrected chi connectivity index (χ0v) is 14.1. The van der Waals surface area contributed by atoms with Gasteiger partial charge in [-0.2, -0.15) is 13.2 Å². The van der Waals surface area contributed by atoms with Crippen LogP contribution in [0.2, 0.25) is 0 Å². The van der Waals surface area contributed by atoms with E-state index in [0.717, 1.165) is 22.3 Å². The summed E-state index contributed by atoms with van der Waals surface area (Å²) in [5.74, 6) is -0.452. The largest absolute Gasteiger partial charge is 0.389 e. The number of amides is 1. The van der Waals surface area contributed by atoms with Crippen LogP contribution < -0.4 is 0 Å². The highest BCUT2D eigenvalue weighted by molar-refractivity contribution is 5.83. The highest BCUT2D eigenvalue weighted by Crippen LogP contribution is 2.32. The van der Waals surface area contributed by atoms with E-state index in [-0.39, 0.29) is 0 Å². The van der Waals surface area contributed by atoms with E-state index in [9.17, 15) is 18.0 Å². The van der Waals surface area contributed by atoms with Crippen LogP contribution in [0, 0.1) is 6.07 Å². The van der Waals surface area contributed by atoms with Crippen LogP contribution >= 0.6 is 0 Å². The molecule has 26 heavy (non-hydrogen) atoms. The monoisotopic (exact) mass is 359 g/mol. The molecular formula is C20H18F3N2O. The van der Waals surface area contributed by atoms with Crippen molar-refractivity contribution in [1.82, 2.24) is 9.88 Å². The highest BCUT2D eigenvalue weighted by Gasteiger charge is 2.29. The molecule has 3 rings (SSSR count). The molecule has 0 saturated heterocycles. The van der Waals surface area contributed by atoms with Crippen molar-refractivity contribution < 1.29 is 18.0 Å². The number of aromatic nitrogens is 1. The van der Waals surface area contributed by atoms with E-state index in [1.54, 1.807) is 12.4 Å². The standard InChI is InChI=1S/C20H18F3N2O/c21-20(22,23)10-7-19(26)25-12-8-15(9-13-25)17-5-1-2-6-18(17)16-4-3-11-24-14-16/h1,3-6,8,11,14H,7,9-10,12-13H2. The van der Waals surface area contributed by atoms with Gasteiger partial charge in [-0.15, -0.1) is 0 Å². The number of alkyl halides is 3. The summed E-state index contributed by atoms with van der Waals surface area (Å²) < 4.78 is 36.8. The zero-order valence-electron chi connectivity index (χ0n) is 14.1. The molecule has 0 aliphatic carbocycles. The molecule has 2 aromatic rings. The number of carbonyl (C=O) groups is 1. The fourth-order valence-corrected chi connectivity index (χ4v) is 3.02. The molecule has 1 aromatic heterocycles. The van der Waals surface area contributed by atoms with Gasteiger partial charge in [-0.05, 0) is 41.3 Å². The fourth-order valence-electron chi connectivity index (χ4n) is 3.02.